The fourth-order valence-corrected chi connectivity index (χ4v) is 4.00. The molecule has 2 aromatic carbocycles. The van der Waals surface area contributed by atoms with Crippen LogP contribution in [0.1, 0.15) is 44.3 Å². The molecule has 1 unspecified atom stereocenters. The number of benzene rings is 2. The van der Waals surface area contributed by atoms with Gasteiger partial charge in [0.2, 0.25) is 11.7 Å². The van der Waals surface area contributed by atoms with Crippen molar-refractivity contribution in [1.29, 1.82) is 0 Å². The molecule has 34 heavy (non-hydrogen) atoms. The molecule has 0 bridgehead atoms. The average Bonchev–Trinajstić information content (AvgIpc) is 2.87. The maximum Gasteiger partial charge on any atom is 0.258 e. The van der Waals surface area contributed by atoms with Crippen LogP contribution in [0.3, 0.4) is 0 Å². The first-order valence-electron chi connectivity index (χ1n) is 10.6. The molecule has 1 aliphatic carbocycles. The Bertz CT molecular complexity index is 1200. The zero-order chi connectivity index (χ0) is 24.2. The van der Waals surface area contributed by atoms with E-state index in [1.807, 2.05) is 24.3 Å². The summed E-state index contributed by atoms with van der Waals surface area (Å²) in [5.41, 5.74) is 2.40. The number of methoxy groups -OCH3 is 4. The van der Waals surface area contributed by atoms with Crippen LogP contribution in [0.4, 0.5) is 5.95 Å². The van der Waals surface area contributed by atoms with Gasteiger partial charge in [-0.3, -0.25) is 14.9 Å². The van der Waals surface area contributed by atoms with Gasteiger partial charge in [-0.15, -0.1) is 0 Å². The van der Waals surface area contributed by atoms with E-state index < -0.39 is 5.91 Å². The SMILES string of the molecule is COc1ccc(C2CC(=O)c3cnc(NC(=O)c4cc(OC)c(OC)c(OC)c4)nc3C2)cc1. The highest BCUT2D eigenvalue weighted by atomic mass is 16.5. The summed E-state index contributed by atoms with van der Waals surface area (Å²) in [5.74, 6) is 1.47. The highest BCUT2D eigenvalue weighted by Gasteiger charge is 2.28. The Morgan fingerprint density at radius 3 is 2.21 bits per heavy atom. The lowest BCUT2D eigenvalue weighted by molar-refractivity contribution is 0.0962. The van der Waals surface area contributed by atoms with Gasteiger partial charge >= 0.3 is 0 Å². The molecule has 3 aromatic rings. The van der Waals surface area contributed by atoms with Gasteiger partial charge in [-0.2, -0.15) is 0 Å². The molecule has 1 amide bonds. The first-order chi connectivity index (χ1) is 16.5. The molecule has 0 saturated carbocycles. The van der Waals surface area contributed by atoms with E-state index in [1.165, 1.54) is 27.5 Å². The Hall–Kier alpha value is -4.14. The molecule has 1 atom stereocenters. The van der Waals surface area contributed by atoms with Gasteiger partial charge in [0.25, 0.3) is 5.91 Å². The van der Waals surface area contributed by atoms with Crippen molar-refractivity contribution < 1.29 is 28.5 Å². The number of rotatable bonds is 7. The van der Waals surface area contributed by atoms with Crippen molar-refractivity contribution in [2.45, 2.75) is 18.8 Å². The molecule has 9 heteroatoms. The summed E-state index contributed by atoms with van der Waals surface area (Å²) in [6.45, 7) is 0. The number of Topliss-reactive ketones (excluding diaryl/α,β-unsaturated/α-hetero) is 1. The van der Waals surface area contributed by atoms with E-state index in [9.17, 15) is 9.59 Å². The van der Waals surface area contributed by atoms with Crippen molar-refractivity contribution in [3.8, 4) is 23.0 Å². The zero-order valence-corrected chi connectivity index (χ0v) is 19.4. The lowest BCUT2D eigenvalue weighted by atomic mass is 9.82. The number of hydrogen-bond donors (Lipinski definition) is 1. The number of anilines is 1. The highest BCUT2D eigenvalue weighted by molar-refractivity contribution is 6.04. The molecule has 0 fully saturated rings. The van der Waals surface area contributed by atoms with Gasteiger partial charge in [-0.1, -0.05) is 12.1 Å². The lowest BCUT2D eigenvalue weighted by Crippen LogP contribution is -2.22. The fourth-order valence-electron chi connectivity index (χ4n) is 4.00. The Morgan fingerprint density at radius 2 is 1.62 bits per heavy atom. The first-order valence-corrected chi connectivity index (χ1v) is 10.6. The predicted octanol–water partition coefficient (Wildman–Crippen LogP) is 3.68. The standard InChI is InChI=1S/C25H25N3O6/c1-31-17-7-5-14(6-8-17)15-9-19-18(20(29)10-15)13-26-25(27-19)28-24(30)16-11-21(32-2)23(34-4)22(12-16)33-3/h5-8,11-13,15H,9-10H2,1-4H3,(H,26,27,28,30). The third-order valence-electron chi connectivity index (χ3n) is 5.78. The number of aromatic nitrogens is 2. The number of carbonyl (C=O) groups is 2. The first kappa shape index (κ1) is 23.0. The van der Waals surface area contributed by atoms with Gasteiger partial charge in [0.15, 0.2) is 17.3 Å². The molecule has 1 aromatic heterocycles. The third kappa shape index (κ3) is 4.50. The molecular weight excluding hydrogens is 438 g/mol. The van der Waals surface area contributed by atoms with Crippen LogP contribution in [0.25, 0.3) is 0 Å². The maximum absolute atomic E-state index is 12.9. The Morgan fingerprint density at radius 1 is 0.941 bits per heavy atom. The largest absolute Gasteiger partial charge is 0.497 e. The number of hydrogen-bond acceptors (Lipinski definition) is 8. The van der Waals surface area contributed by atoms with E-state index in [2.05, 4.69) is 15.3 Å². The summed E-state index contributed by atoms with van der Waals surface area (Å²) in [6, 6.07) is 10.7. The molecular formula is C25H25N3O6. The fraction of sp³-hybridized carbons (Fsp3) is 0.280. The molecule has 1 aliphatic rings. The Labute approximate surface area is 197 Å². The number of nitrogens with zero attached hydrogens (tertiary/aromatic N) is 2. The van der Waals surface area contributed by atoms with Gasteiger partial charge in [0.05, 0.1) is 39.7 Å². The normalized spacial score (nSPS) is 14.7. The van der Waals surface area contributed by atoms with Crippen molar-refractivity contribution in [3.63, 3.8) is 0 Å². The predicted molar refractivity (Wildman–Crippen MR) is 124 cm³/mol. The van der Waals surface area contributed by atoms with Crippen molar-refractivity contribution in [3.05, 3.63) is 65.0 Å². The van der Waals surface area contributed by atoms with E-state index >= 15 is 0 Å². The van der Waals surface area contributed by atoms with Crippen LogP contribution in [0.5, 0.6) is 23.0 Å². The molecule has 0 radical (unpaired) electrons. The minimum Gasteiger partial charge on any atom is -0.497 e. The summed E-state index contributed by atoms with van der Waals surface area (Å²) in [4.78, 5) is 34.3. The van der Waals surface area contributed by atoms with Crippen LogP contribution in [-0.4, -0.2) is 50.1 Å². The number of ketones is 1. The quantitative estimate of drug-likeness (QED) is 0.565. The molecule has 176 valence electrons. The molecule has 0 aliphatic heterocycles. The van der Waals surface area contributed by atoms with Gasteiger partial charge < -0.3 is 18.9 Å². The topological polar surface area (TPSA) is 109 Å². The van der Waals surface area contributed by atoms with Crippen molar-refractivity contribution in [2.75, 3.05) is 33.8 Å². The van der Waals surface area contributed by atoms with Crippen LogP contribution in [-0.2, 0) is 6.42 Å². The molecule has 4 rings (SSSR count). The average molecular weight is 463 g/mol. The van der Waals surface area contributed by atoms with Gasteiger partial charge in [-0.05, 0) is 42.2 Å². The van der Waals surface area contributed by atoms with Gasteiger partial charge in [0, 0.05) is 18.2 Å². The van der Waals surface area contributed by atoms with E-state index in [4.69, 9.17) is 18.9 Å². The number of amides is 1. The number of ether oxygens (including phenoxy) is 4. The van der Waals surface area contributed by atoms with Crippen molar-refractivity contribution in [1.82, 2.24) is 9.97 Å². The summed E-state index contributed by atoms with van der Waals surface area (Å²) >= 11 is 0. The Balaban J connectivity index is 1.57. The summed E-state index contributed by atoms with van der Waals surface area (Å²) in [7, 11) is 6.05. The highest BCUT2D eigenvalue weighted by Crippen LogP contribution is 2.38. The maximum atomic E-state index is 12.9. The second-order valence-electron chi connectivity index (χ2n) is 7.72. The van der Waals surface area contributed by atoms with E-state index in [0.717, 1.165) is 11.3 Å². The monoisotopic (exact) mass is 463 g/mol. The third-order valence-corrected chi connectivity index (χ3v) is 5.78. The summed E-state index contributed by atoms with van der Waals surface area (Å²) in [6.07, 6.45) is 2.41. The lowest BCUT2D eigenvalue weighted by Gasteiger charge is -2.23. The second-order valence-corrected chi connectivity index (χ2v) is 7.72. The van der Waals surface area contributed by atoms with Crippen LogP contribution in [0.2, 0.25) is 0 Å². The number of carbonyl (C=O) groups excluding carboxylic acids is 2. The molecule has 9 nitrogen and oxygen atoms in total. The van der Waals surface area contributed by atoms with Crippen LogP contribution < -0.4 is 24.3 Å². The van der Waals surface area contributed by atoms with Gasteiger partial charge in [0.1, 0.15) is 5.75 Å². The smallest absolute Gasteiger partial charge is 0.258 e. The number of nitrogens with one attached hydrogen (secondary N) is 1. The van der Waals surface area contributed by atoms with Crippen LogP contribution in [0, 0.1) is 0 Å². The van der Waals surface area contributed by atoms with Crippen molar-refractivity contribution in [2.24, 2.45) is 0 Å². The molecule has 0 spiro atoms. The summed E-state index contributed by atoms with van der Waals surface area (Å²) < 4.78 is 21.1. The number of fused-ring (bicyclic) bond motifs is 1. The molecule has 1 N–H and O–H groups in total. The minimum atomic E-state index is -0.451. The Kier molecular flexibility index (Phi) is 6.62. The van der Waals surface area contributed by atoms with Gasteiger partial charge in [-0.25, -0.2) is 9.97 Å². The van der Waals surface area contributed by atoms with Crippen molar-refractivity contribution >= 4 is 17.6 Å². The van der Waals surface area contributed by atoms with E-state index in [0.29, 0.717) is 41.3 Å². The van der Waals surface area contributed by atoms with Crippen LogP contribution >= 0.6 is 0 Å². The zero-order valence-electron chi connectivity index (χ0n) is 19.4. The summed E-state index contributed by atoms with van der Waals surface area (Å²) in [5, 5.41) is 2.69. The minimum absolute atomic E-state index is 0.0144. The van der Waals surface area contributed by atoms with E-state index in [-0.39, 0.29) is 23.2 Å². The van der Waals surface area contributed by atoms with Crippen LogP contribution in [0.15, 0.2) is 42.6 Å². The van der Waals surface area contributed by atoms with E-state index in [1.54, 1.807) is 19.2 Å². The second kappa shape index (κ2) is 9.78. The molecule has 1 heterocycles. The molecule has 0 saturated heterocycles.